The Labute approximate surface area is 205 Å². The van der Waals surface area contributed by atoms with Crippen LogP contribution in [-0.2, 0) is 14.3 Å². The number of hydrogen-bond donors (Lipinski definition) is 1. The molecule has 1 aromatic carbocycles. The van der Waals surface area contributed by atoms with Gasteiger partial charge >= 0.3 is 5.97 Å². The maximum Gasteiger partial charge on any atom is 0.338 e. The molecule has 0 fully saturated rings. The van der Waals surface area contributed by atoms with E-state index in [1.165, 1.54) is 18.2 Å². The van der Waals surface area contributed by atoms with Crippen LogP contribution < -0.4 is 5.32 Å². The van der Waals surface area contributed by atoms with Gasteiger partial charge in [-0.3, -0.25) is 9.59 Å². The Kier molecular flexibility index (Phi) is 20.2. The summed E-state index contributed by atoms with van der Waals surface area (Å²) in [5.41, 5.74) is 1.38. The van der Waals surface area contributed by atoms with E-state index in [0.717, 1.165) is 0 Å². The van der Waals surface area contributed by atoms with Crippen molar-refractivity contribution in [2.45, 2.75) is 48.0 Å². The molecule has 0 aliphatic carbocycles. The summed E-state index contributed by atoms with van der Waals surface area (Å²) in [5, 5.41) is 2.70. The smallest absolute Gasteiger partial charge is 0.338 e. The average molecular weight is 466 g/mol. The lowest BCUT2D eigenvalue weighted by Gasteiger charge is -2.09. The van der Waals surface area contributed by atoms with E-state index in [1.807, 2.05) is 47.6 Å². The van der Waals surface area contributed by atoms with Gasteiger partial charge in [0.1, 0.15) is 0 Å². The molecule has 0 saturated heterocycles. The van der Waals surface area contributed by atoms with Crippen LogP contribution in [0.5, 0.6) is 0 Å². The summed E-state index contributed by atoms with van der Waals surface area (Å²) < 4.78 is 5.16. The number of ketones is 1. The number of ether oxygens (including phenoxy) is 1. The zero-order valence-electron chi connectivity index (χ0n) is 21.4. The first kappa shape index (κ1) is 32.4. The summed E-state index contributed by atoms with van der Waals surface area (Å²) in [6, 6.07) is 8.68. The van der Waals surface area contributed by atoms with Crippen LogP contribution in [0.3, 0.4) is 0 Å². The second-order valence-corrected chi connectivity index (χ2v) is 6.04. The lowest BCUT2D eigenvalue weighted by Crippen LogP contribution is -2.22. The molecule has 0 aliphatic heterocycles. The lowest BCUT2D eigenvalue weighted by atomic mass is 10.1. The molecule has 1 rings (SSSR count). The molecule has 1 amide bonds. The van der Waals surface area contributed by atoms with E-state index in [9.17, 15) is 14.4 Å². The highest BCUT2D eigenvalue weighted by Crippen LogP contribution is 2.09. The number of carbonyl (C=O) groups excluding carboxylic acids is 3. The van der Waals surface area contributed by atoms with Gasteiger partial charge in [-0.1, -0.05) is 96.4 Å². The molecule has 34 heavy (non-hydrogen) atoms. The van der Waals surface area contributed by atoms with Crippen molar-refractivity contribution in [3.63, 3.8) is 0 Å². The van der Waals surface area contributed by atoms with Gasteiger partial charge in [0.2, 0.25) is 0 Å². The van der Waals surface area contributed by atoms with E-state index in [4.69, 9.17) is 4.74 Å². The van der Waals surface area contributed by atoms with Gasteiger partial charge in [0.05, 0.1) is 5.57 Å². The number of rotatable bonds is 11. The van der Waals surface area contributed by atoms with Crippen molar-refractivity contribution in [2.75, 3.05) is 6.61 Å². The van der Waals surface area contributed by atoms with Gasteiger partial charge in [-0.2, -0.15) is 0 Å². The first-order chi connectivity index (χ1) is 16.5. The van der Waals surface area contributed by atoms with Crippen molar-refractivity contribution in [1.29, 1.82) is 0 Å². The van der Waals surface area contributed by atoms with Gasteiger partial charge in [-0.15, -0.1) is 0 Å². The monoisotopic (exact) mass is 465 g/mol. The molecule has 0 bridgehead atoms. The molecule has 5 nitrogen and oxygen atoms in total. The summed E-state index contributed by atoms with van der Waals surface area (Å²) in [6.07, 6.45) is 11.6. The van der Waals surface area contributed by atoms with Gasteiger partial charge in [0.25, 0.3) is 5.91 Å². The third-order valence-corrected chi connectivity index (χ3v) is 3.83. The molecule has 0 aliphatic rings. The van der Waals surface area contributed by atoms with Crippen molar-refractivity contribution < 1.29 is 19.1 Å². The van der Waals surface area contributed by atoms with Crippen LogP contribution in [0.2, 0.25) is 0 Å². The molecule has 0 aromatic heterocycles. The van der Waals surface area contributed by atoms with Crippen LogP contribution >= 0.6 is 0 Å². The molecule has 0 unspecified atom stereocenters. The summed E-state index contributed by atoms with van der Waals surface area (Å²) in [4.78, 5) is 37.0. The number of amides is 1. The Balaban J connectivity index is 0. The first-order valence-electron chi connectivity index (χ1n) is 11.5. The van der Waals surface area contributed by atoms with Crippen LogP contribution in [0.25, 0.3) is 0 Å². The summed E-state index contributed by atoms with van der Waals surface area (Å²) in [5.74, 6) is -1.36. The Bertz CT molecular complexity index is 903. The van der Waals surface area contributed by atoms with Crippen LogP contribution in [-0.4, -0.2) is 24.3 Å². The van der Waals surface area contributed by atoms with Crippen molar-refractivity contribution >= 4 is 17.7 Å². The van der Waals surface area contributed by atoms with Crippen LogP contribution in [0, 0.1) is 0 Å². The maximum absolute atomic E-state index is 12.5. The molecule has 184 valence electrons. The number of hydrogen-bond acceptors (Lipinski definition) is 4. The summed E-state index contributed by atoms with van der Waals surface area (Å²) >= 11 is 0. The topological polar surface area (TPSA) is 72.5 Å². The minimum absolute atomic E-state index is 0.214. The largest absolute Gasteiger partial charge is 0.454 e. The minimum Gasteiger partial charge on any atom is -0.454 e. The fourth-order valence-electron chi connectivity index (χ4n) is 2.30. The third-order valence-electron chi connectivity index (χ3n) is 3.83. The molecule has 0 heterocycles. The number of carbonyl (C=O) groups is 3. The minimum atomic E-state index is -0.673. The van der Waals surface area contributed by atoms with E-state index in [0.29, 0.717) is 23.3 Å². The molecular formula is C29H39NO4. The molecule has 0 radical (unpaired) electrons. The van der Waals surface area contributed by atoms with Gasteiger partial charge < -0.3 is 10.1 Å². The van der Waals surface area contributed by atoms with Gasteiger partial charge in [0.15, 0.2) is 12.4 Å². The molecule has 0 saturated carbocycles. The van der Waals surface area contributed by atoms with Gasteiger partial charge in [0, 0.05) is 16.8 Å². The van der Waals surface area contributed by atoms with E-state index >= 15 is 0 Å². The third kappa shape index (κ3) is 13.0. The molecular weight excluding hydrogens is 426 g/mol. The molecule has 1 aromatic rings. The standard InChI is InChI=1S/C25H27NO4.2C2H6/c1-5-9-14-19(7-3)23(27)18-30-25(29)21(13-6-2)17-22(8-4)26-24(28)20-15-11-10-12-16-20;2*1-2/h5,7-17H,3-4,6,18H2,1-2H3,(H,26,28);2*1-2H3/b9-5-,19-14+,21-13+,22-17+;;. The SMILES string of the molecule is C=C/C(=C\C(=C/CC)C(=O)OCC(=O)/C(C=C)=C/C=C\C)NC(=O)c1ccccc1.CC.CC. The van der Waals surface area contributed by atoms with Crippen LogP contribution in [0.15, 0.2) is 103 Å². The van der Waals surface area contributed by atoms with Crippen molar-refractivity contribution in [3.8, 4) is 0 Å². The van der Waals surface area contributed by atoms with Crippen molar-refractivity contribution in [2.24, 2.45) is 0 Å². The summed E-state index contributed by atoms with van der Waals surface area (Å²) in [6.45, 7) is 18.5. The molecule has 1 N–H and O–H groups in total. The number of benzene rings is 1. The molecule has 5 heteroatoms. The number of esters is 1. The normalized spacial score (nSPS) is 11.3. The van der Waals surface area contributed by atoms with Crippen LogP contribution in [0.1, 0.15) is 58.3 Å². The van der Waals surface area contributed by atoms with Crippen LogP contribution in [0.4, 0.5) is 0 Å². The highest BCUT2D eigenvalue weighted by molar-refractivity contribution is 6.01. The zero-order chi connectivity index (χ0) is 26.4. The molecule has 0 spiro atoms. The fourth-order valence-corrected chi connectivity index (χ4v) is 2.30. The second kappa shape index (κ2) is 21.1. The molecule has 0 atom stereocenters. The fraction of sp³-hybridized carbons (Fsp3) is 0.276. The Morgan fingerprint density at radius 2 is 1.59 bits per heavy atom. The van der Waals surface area contributed by atoms with Crippen molar-refractivity contribution in [1.82, 2.24) is 5.32 Å². The Morgan fingerprint density at radius 3 is 2.09 bits per heavy atom. The van der Waals surface area contributed by atoms with E-state index in [2.05, 4.69) is 18.5 Å². The van der Waals surface area contributed by atoms with Crippen molar-refractivity contribution in [3.05, 3.63) is 108 Å². The number of Topliss-reactive ketones (excluding diaryl/α,β-unsaturated/α-hetero) is 1. The van der Waals surface area contributed by atoms with E-state index in [1.54, 1.807) is 48.6 Å². The first-order valence-corrected chi connectivity index (χ1v) is 11.5. The predicted molar refractivity (Wildman–Crippen MR) is 142 cm³/mol. The average Bonchev–Trinajstić information content (AvgIpc) is 2.89. The maximum atomic E-state index is 12.5. The Hall–Kier alpha value is -3.73. The van der Waals surface area contributed by atoms with Gasteiger partial charge in [-0.05, 0) is 37.6 Å². The van der Waals surface area contributed by atoms with E-state index in [-0.39, 0.29) is 17.3 Å². The number of nitrogens with one attached hydrogen (secondary N) is 1. The quantitative estimate of drug-likeness (QED) is 0.225. The lowest BCUT2D eigenvalue weighted by molar-refractivity contribution is -0.142. The highest BCUT2D eigenvalue weighted by atomic mass is 16.5. The second-order valence-electron chi connectivity index (χ2n) is 6.04. The zero-order valence-corrected chi connectivity index (χ0v) is 21.4. The summed E-state index contributed by atoms with van der Waals surface area (Å²) in [7, 11) is 0. The van der Waals surface area contributed by atoms with Gasteiger partial charge in [-0.25, -0.2) is 4.79 Å². The Morgan fingerprint density at radius 1 is 0.971 bits per heavy atom. The van der Waals surface area contributed by atoms with E-state index < -0.39 is 12.6 Å². The predicted octanol–water partition coefficient (Wildman–Crippen LogP) is 6.68. The number of allylic oxidation sites excluding steroid dienone is 6. The highest BCUT2D eigenvalue weighted by Gasteiger charge is 2.14.